The Balaban J connectivity index is 1.64. The van der Waals surface area contributed by atoms with E-state index in [-0.39, 0.29) is 11.9 Å². The Hall–Kier alpha value is -2.55. The zero-order chi connectivity index (χ0) is 15.1. The molecule has 0 fully saturated rings. The highest BCUT2D eigenvalue weighted by Gasteiger charge is 2.24. The van der Waals surface area contributed by atoms with Crippen LogP contribution in [0.2, 0.25) is 0 Å². The van der Waals surface area contributed by atoms with Gasteiger partial charge in [0, 0.05) is 17.1 Å². The number of carbonyl (C=O) groups excluding carboxylic acids is 1. The second-order valence-corrected chi connectivity index (χ2v) is 6.01. The molecule has 0 saturated heterocycles. The molecule has 3 aromatic rings. The summed E-state index contributed by atoms with van der Waals surface area (Å²) in [5.74, 6) is -0.00134. The summed E-state index contributed by atoms with van der Waals surface area (Å²) in [5.41, 5.74) is 5.49. The first kappa shape index (κ1) is 13.1. The van der Waals surface area contributed by atoms with Crippen molar-refractivity contribution < 1.29 is 4.79 Å². The molecule has 2 N–H and O–H groups in total. The minimum Gasteiger partial charge on any atom is -0.360 e. The van der Waals surface area contributed by atoms with E-state index in [2.05, 4.69) is 34.6 Å². The lowest BCUT2D eigenvalue weighted by molar-refractivity contribution is 0.0938. The van der Waals surface area contributed by atoms with E-state index < -0.39 is 0 Å². The number of aryl methyl sites for hydroxylation is 2. The van der Waals surface area contributed by atoms with Gasteiger partial charge in [0.2, 0.25) is 0 Å². The van der Waals surface area contributed by atoms with Gasteiger partial charge in [0.1, 0.15) is 0 Å². The molecule has 1 amide bonds. The summed E-state index contributed by atoms with van der Waals surface area (Å²) in [6.07, 6.45) is 3.82. The van der Waals surface area contributed by atoms with E-state index in [9.17, 15) is 4.79 Å². The van der Waals surface area contributed by atoms with Gasteiger partial charge in [-0.2, -0.15) is 0 Å². The van der Waals surface area contributed by atoms with Crippen molar-refractivity contribution in [2.45, 2.75) is 25.8 Å². The van der Waals surface area contributed by atoms with Crippen molar-refractivity contribution in [1.29, 1.82) is 0 Å². The first-order valence-electron chi connectivity index (χ1n) is 7.69. The third-order valence-corrected chi connectivity index (χ3v) is 4.52. The predicted octanol–water partition coefficient (Wildman–Crippen LogP) is 3.89. The van der Waals surface area contributed by atoms with Crippen molar-refractivity contribution in [2.24, 2.45) is 0 Å². The molecule has 1 aliphatic rings. The van der Waals surface area contributed by atoms with Gasteiger partial charge in [0.05, 0.1) is 11.6 Å². The Labute approximate surface area is 129 Å². The molecular formula is C19H18N2O. The second-order valence-electron chi connectivity index (χ2n) is 6.01. The highest BCUT2D eigenvalue weighted by molar-refractivity contribution is 6.07. The zero-order valence-corrected chi connectivity index (χ0v) is 12.5. The molecule has 1 aromatic heterocycles. The number of aromatic amines is 1. The van der Waals surface area contributed by atoms with Gasteiger partial charge in [-0.15, -0.1) is 0 Å². The molecule has 1 atom stereocenters. The SMILES string of the molecule is Cc1ccc2[nH]cc(C(=O)NC3CCc4ccccc43)c2c1. The van der Waals surface area contributed by atoms with E-state index in [0.29, 0.717) is 0 Å². The summed E-state index contributed by atoms with van der Waals surface area (Å²) >= 11 is 0. The van der Waals surface area contributed by atoms with Crippen LogP contribution in [0.3, 0.4) is 0 Å². The number of rotatable bonds is 2. The topological polar surface area (TPSA) is 44.9 Å². The third-order valence-electron chi connectivity index (χ3n) is 4.52. The molecule has 1 aliphatic carbocycles. The van der Waals surface area contributed by atoms with E-state index in [1.54, 1.807) is 6.20 Å². The fraction of sp³-hybridized carbons (Fsp3) is 0.211. The average Bonchev–Trinajstić information content (AvgIpc) is 3.11. The molecule has 110 valence electrons. The third kappa shape index (κ3) is 2.10. The van der Waals surface area contributed by atoms with E-state index in [1.807, 2.05) is 25.1 Å². The Morgan fingerprint density at radius 1 is 1.23 bits per heavy atom. The Morgan fingerprint density at radius 3 is 3.00 bits per heavy atom. The van der Waals surface area contributed by atoms with Crippen molar-refractivity contribution in [3.8, 4) is 0 Å². The van der Waals surface area contributed by atoms with Gasteiger partial charge in [-0.05, 0) is 43.0 Å². The molecule has 0 aliphatic heterocycles. The maximum absolute atomic E-state index is 12.7. The molecule has 1 unspecified atom stereocenters. The van der Waals surface area contributed by atoms with Crippen LogP contribution in [0.1, 0.15) is 39.5 Å². The number of hydrogen-bond donors (Lipinski definition) is 2. The summed E-state index contributed by atoms with van der Waals surface area (Å²) < 4.78 is 0. The van der Waals surface area contributed by atoms with E-state index >= 15 is 0 Å². The van der Waals surface area contributed by atoms with Crippen LogP contribution < -0.4 is 5.32 Å². The second kappa shape index (κ2) is 5.02. The smallest absolute Gasteiger partial charge is 0.253 e. The molecule has 3 heteroatoms. The molecule has 2 aromatic carbocycles. The number of fused-ring (bicyclic) bond motifs is 2. The van der Waals surface area contributed by atoms with Gasteiger partial charge in [-0.1, -0.05) is 35.9 Å². The molecule has 1 heterocycles. The molecule has 4 rings (SSSR count). The molecular weight excluding hydrogens is 272 g/mol. The lowest BCUT2D eigenvalue weighted by atomic mass is 10.1. The van der Waals surface area contributed by atoms with E-state index in [4.69, 9.17) is 0 Å². The monoisotopic (exact) mass is 290 g/mol. The van der Waals surface area contributed by atoms with Crippen LogP contribution in [0.25, 0.3) is 10.9 Å². The normalized spacial score (nSPS) is 16.7. The van der Waals surface area contributed by atoms with Gasteiger partial charge in [0.15, 0.2) is 0 Å². The molecule has 0 bridgehead atoms. The van der Waals surface area contributed by atoms with Crippen LogP contribution in [-0.4, -0.2) is 10.9 Å². The van der Waals surface area contributed by atoms with Gasteiger partial charge < -0.3 is 10.3 Å². The van der Waals surface area contributed by atoms with Crippen LogP contribution >= 0.6 is 0 Å². The highest BCUT2D eigenvalue weighted by Crippen LogP contribution is 2.31. The summed E-state index contributed by atoms with van der Waals surface area (Å²) in [6.45, 7) is 2.04. The maximum atomic E-state index is 12.7. The summed E-state index contributed by atoms with van der Waals surface area (Å²) in [5, 5.41) is 4.18. The van der Waals surface area contributed by atoms with Gasteiger partial charge in [-0.3, -0.25) is 4.79 Å². The molecule has 0 radical (unpaired) electrons. The fourth-order valence-corrected chi connectivity index (χ4v) is 3.37. The predicted molar refractivity (Wildman–Crippen MR) is 88.0 cm³/mol. The lowest BCUT2D eigenvalue weighted by Crippen LogP contribution is -2.26. The Kier molecular flexibility index (Phi) is 3.00. The molecule has 0 spiro atoms. The Bertz CT molecular complexity index is 863. The van der Waals surface area contributed by atoms with Crippen molar-refractivity contribution in [3.05, 3.63) is 70.9 Å². The summed E-state index contributed by atoms with van der Waals surface area (Å²) in [7, 11) is 0. The first-order valence-corrected chi connectivity index (χ1v) is 7.69. The van der Waals surface area contributed by atoms with Crippen LogP contribution in [0.15, 0.2) is 48.7 Å². The summed E-state index contributed by atoms with van der Waals surface area (Å²) in [4.78, 5) is 15.8. The number of aromatic nitrogens is 1. The summed E-state index contributed by atoms with van der Waals surface area (Å²) in [6, 6.07) is 14.6. The number of amides is 1. The van der Waals surface area contributed by atoms with Crippen LogP contribution in [0.5, 0.6) is 0 Å². The highest BCUT2D eigenvalue weighted by atomic mass is 16.1. The van der Waals surface area contributed by atoms with Crippen molar-refractivity contribution >= 4 is 16.8 Å². The number of H-pyrrole nitrogens is 1. The van der Waals surface area contributed by atoms with E-state index in [0.717, 1.165) is 34.9 Å². The lowest BCUT2D eigenvalue weighted by Gasteiger charge is -2.13. The van der Waals surface area contributed by atoms with Crippen LogP contribution in [0.4, 0.5) is 0 Å². The fourth-order valence-electron chi connectivity index (χ4n) is 3.37. The number of hydrogen-bond acceptors (Lipinski definition) is 1. The largest absolute Gasteiger partial charge is 0.360 e. The minimum absolute atomic E-state index is 0.00134. The number of carbonyl (C=O) groups is 1. The average molecular weight is 290 g/mol. The van der Waals surface area contributed by atoms with Gasteiger partial charge in [0.25, 0.3) is 5.91 Å². The molecule has 22 heavy (non-hydrogen) atoms. The van der Waals surface area contributed by atoms with Crippen LogP contribution in [-0.2, 0) is 6.42 Å². The zero-order valence-electron chi connectivity index (χ0n) is 12.5. The van der Waals surface area contributed by atoms with Crippen molar-refractivity contribution in [3.63, 3.8) is 0 Å². The standard InChI is InChI=1S/C19H18N2O/c1-12-6-8-17-15(10-12)16(11-20-17)19(22)21-18-9-7-13-4-2-3-5-14(13)18/h2-6,8,10-11,18,20H,7,9H2,1H3,(H,21,22). The molecule has 3 nitrogen and oxygen atoms in total. The van der Waals surface area contributed by atoms with Crippen molar-refractivity contribution in [1.82, 2.24) is 10.3 Å². The van der Waals surface area contributed by atoms with Gasteiger partial charge >= 0.3 is 0 Å². The van der Waals surface area contributed by atoms with Crippen molar-refractivity contribution in [2.75, 3.05) is 0 Å². The van der Waals surface area contributed by atoms with E-state index in [1.165, 1.54) is 11.1 Å². The maximum Gasteiger partial charge on any atom is 0.253 e. The first-order chi connectivity index (χ1) is 10.7. The van der Waals surface area contributed by atoms with Gasteiger partial charge in [-0.25, -0.2) is 0 Å². The molecule has 0 saturated carbocycles. The quantitative estimate of drug-likeness (QED) is 0.739. The number of nitrogens with one attached hydrogen (secondary N) is 2. The van der Waals surface area contributed by atoms with Crippen LogP contribution in [0, 0.1) is 6.92 Å². The minimum atomic E-state index is -0.00134. The number of benzene rings is 2. The Morgan fingerprint density at radius 2 is 2.09 bits per heavy atom.